The summed E-state index contributed by atoms with van der Waals surface area (Å²) in [6.45, 7) is 2.02. The summed E-state index contributed by atoms with van der Waals surface area (Å²) in [6, 6.07) is 13.9. The topological polar surface area (TPSA) is 80.5 Å². The number of benzene rings is 2. The van der Waals surface area contributed by atoms with Gasteiger partial charge in [0.05, 0.1) is 16.8 Å². The minimum atomic E-state index is -0.617. The van der Waals surface area contributed by atoms with Crippen molar-refractivity contribution >= 4 is 40.4 Å². The van der Waals surface area contributed by atoms with Gasteiger partial charge in [0.2, 0.25) is 11.8 Å². The normalized spacial score (nSPS) is 26.5. The van der Waals surface area contributed by atoms with Gasteiger partial charge in [-0.1, -0.05) is 59.7 Å². The molecule has 1 saturated carbocycles. The van der Waals surface area contributed by atoms with Gasteiger partial charge in [-0.25, -0.2) is 4.90 Å². The molecule has 2 fully saturated rings. The molecule has 150 valence electrons. The van der Waals surface area contributed by atoms with Crippen LogP contribution in [0, 0.1) is 33.8 Å². The largest absolute Gasteiger partial charge is 0.294 e. The number of fused-ring (bicyclic) bond motifs is 5. The van der Waals surface area contributed by atoms with Crippen molar-refractivity contribution in [2.45, 2.75) is 6.92 Å². The maximum absolute atomic E-state index is 13.3. The summed E-state index contributed by atoms with van der Waals surface area (Å²) < 4.78 is 0. The van der Waals surface area contributed by atoms with Gasteiger partial charge in [-0.05, 0) is 30.2 Å². The smallest absolute Gasteiger partial charge is 0.274 e. The van der Waals surface area contributed by atoms with E-state index in [0.29, 0.717) is 0 Å². The number of allylic oxidation sites excluding steroid dienone is 4. The Balaban J connectivity index is 1.57. The molecule has 1 heterocycles. The number of imide groups is 1. The highest BCUT2D eigenvalue weighted by molar-refractivity contribution is 6.31. The van der Waals surface area contributed by atoms with Crippen molar-refractivity contribution in [2.75, 3.05) is 4.90 Å². The lowest BCUT2D eigenvalue weighted by Crippen LogP contribution is -2.33. The van der Waals surface area contributed by atoms with E-state index < -0.39 is 16.8 Å². The summed E-state index contributed by atoms with van der Waals surface area (Å²) in [5.74, 6) is -2.18. The summed E-state index contributed by atoms with van der Waals surface area (Å²) >= 11 is 5.90. The third-order valence-corrected chi connectivity index (χ3v) is 6.67. The number of nitro benzene ring substituents is 1. The first-order valence-corrected chi connectivity index (χ1v) is 10.0. The van der Waals surface area contributed by atoms with Gasteiger partial charge in [0.15, 0.2) is 0 Å². The van der Waals surface area contributed by atoms with E-state index in [1.54, 1.807) is 0 Å². The molecule has 0 unspecified atom stereocenters. The van der Waals surface area contributed by atoms with E-state index in [1.807, 2.05) is 49.4 Å². The SMILES string of the molecule is CC(=C1[C@H]2C=C[C@H]1[C@H]1C(=O)N(c3ccc(Cl)cc3[N+](=O)[O-])C(=O)[C@@H]12)c1ccccc1. The number of carbonyl (C=O) groups is 2. The van der Waals surface area contributed by atoms with Crippen LogP contribution in [0.15, 0.2) is 66.3 Å². The van der Waals surface area contributed by atoms with E-state index in [4.69, 9.17) is 11.6 Å². The minimum Gasteiger partial charge on any atom is -0.274 e. The molecule has 6 nitrogen and oxygen atoms in total. The fourth-order valence-corrected chi connectivity index (χ4v) is 5.35. The van der Waals surface area contributed by atoms with Crippen LogP contribution in [0.5, 0.6) is 0 Å². The molecule has 5 rings (SSSR count). The number of carbonyl (C=O) groups excluding carboxylic acids is 2. The van der Waals surface area contributed by atoms with Gasteiger partial charge >= 0.3 is 0 Å². The summed E-state index contributed by atoms with van der Waals surface area (Å²) in [6.07, 6.45) is 4.00. The molecule has 0 aromatic heterocycles. The number of anilines is 1. The first-order chi connectivity index (χ1) is 14.4. The van der Waals surface area contributed by atoms with E-state index in [9.17, 15) is 19.7 Å². The molecule has 1 saturated heterocycles. The second-order valence-corrected chi connectivity index (χ2v) is 8.27. The van der Waals surface area contributed by atoms with Crippen LogP contribution in [0.25, 0.3) is 5.57 Å². The third-order valence-electron chi connectivity index (χ3n) is 6.43. The summed E-state index contributed by atoms with van der Waals surface area (Å²) in [4.78, 5) is 38.6. The van der Waals surface area contributed by atoms with Crippen LogP contribution < -0.4 is 4.90 Å². The van der Waals surface area contributed by atoms with Gasteiger partial charge < -0.3 is 0 Å². The lowest BCUT2D eigenvalue weighted by atomic mass is 9.85. The third kappa shape index (κ3) is 2.50. The Morgan fingerprint density at radius 3 is 2.17 bits per heavy atom. The zero-order chi connectivity index (χ0) is 21.2. The zero-order valence-electron chi connectivity index (χ0n) is 16.0. The Morgan fingerprint density at radius 2 is 1.60 bits per heavy atom. The van der Waals surface area contributed by atoms with Crippen molar-refractivity contribution in [1.82, 2.24) is 0 Å². The second kappa shape index (κ2) is 6.64. The minimum absolute atomic E-state index is 0.0153. The number of halogens is 1. The monoisotopic (exact) mass is 420 g/mol. The molecule has 7 heteroatoms. The molecule has 2 aliphatic carbocycles. The number of amides is 2. The first-order valence-electron chi connectivity index (χ1n) is 9.66. The Labute approximate surface area is 177 Å². The molecule has 2 amide bonds. The highest BCUT2D eigenvalue weighted by Gasteiger charge is 2.62. The van der Waals surface area contributed by atoms with Crippen molar-refractivity contribution in [3.8, 4) is 0 Å². The maximum Gasteiger partial charge on any atom is 0.294 e. The molecule has 3 aliphatic rings. The van der Waals surface area contributed by atoms with Crippen molar-refractivity contribution < 1.29 is 14.5 Å². The summed E-state index contributed by atoms with van der Waals surface area (Å²) in [5, 5.41) is 11.7. The zero-order valence-corrected chi connectivity index (χ0v) is 16.7. The van der Waals surface area contributed by atoms with Gasteiger partial charge in [0, 0.05) is 22.9 Å². The van der Waals surface area contributed by atoms with Gasteiger partial charge in [-0.15, -0.1) is 0 Å². The second-order valence-electron chi connectivity index (χ2n) is 7.84. The van der Waals surface area contributed by atoms with Crippen LogP contribution >= 0.6 is 11.6 Å². The van der Waals surface area contributed by atoms with Crippen LogP contribution in [0.1, 0.15) is 12.5 Å². The molecule has 4 atom stereocenters. The average molecular weight is 421 g/mol. The molecule has 0 N–H and O–H groups in total. The Kier molecular flexibility index (Phi) is 4.15. The van der Waals surface area contributed by atoms with E-state index in [-0.39, 0.29) is 40.0 Å². The number of hydrogen-bond donors (Lipinski definition) is 0. The van der Waals surface area contributed by atoms with Crippen LogP contribution in [0.3, 0.4) is 0 Å². The highest BCUT2D eigenvalue weighted by atomic mass is 35.5. The Morgan fingerprint density at radius 1 is 1.00 bits per heavy atom. The molecule has 0 spiro atoms. The number of nitrogens with zero attached hydrogens (tertiary/aromatic N) is 2. The molecule has 0 radical (unpaired) electrons. The highest BCUT2D eigenvalue weighted by Crippen LogP contribution is 2.58. The molecular formula is C23H17ClN2O4. The molecule has 2 aromatic rings. The van der Waals surface area contributed by atoms with Crippen LogP contribution in [0.4, 0.5) is 11.4 Å². The van der Waals surface area contributed by atoms with Crippen molar-refractivity contribution in [1.29, 1.82) is 0 Å². The van der Waals surface area contributed by atoms with Gasteiger partial charge in [-0.3, -0.25) is 19.7 Å². The van der Waals surface area contributed by atoms with E-state index >= 15 is 0 Å². The lowest BCUT2D eigenvalue weighted by molar-refractivity contribution is -0.384. The molecule has 2 aromatic carbocycles. The quantitative estimate of drug-likeness (QED) is 0.313. The molecule has 1 aliphatic heterocycles. The summed E-state index contributed by atoms with van der Waals surface area (Å²) in [7, 11) is 0. The van der Waals surface area contributed by atoms with E-state index in [0.717, 1.165) is 21.6 Å². The Bertz CT molecular complexity index is 1140. The van der Waals surface area contributed by atoms with Crippen LogP contribution in [-0.2, 0) is 9.59 Å². The average Bonchev–Trinajstić information content (AvgIpc) is 3.38. The predicted octanol–water partition coefficient (Wildman–Crippen LogP) is 4.64. The molecular weight excluding hydrogens is 404 g/mol. The fraction of sp³-hybridized carbons (Fsp3) is 0.217. The summed E-state index contributed by atoms with van der Waals surface area (Å²) in [5.41, 5.74) is 2.88. The predicted molar refractivity (Wildman–Crippen MR) is 113 cm³/mol. The van der Waals surface area contributed by atoms with E-state index in [2.05, 4.69) is 0 Å². The number of hydrogen-bond acceptors (Lipinski definition) is 4. The Hall–Kier alpha value is -3.25. The first kappa shape index (κ1) is 18.8. The fourth-order valence-electron chi connectivity index (χ4n) is 5.19. The molecule has 2 bridgehead atoms. The number of nitro groups is 1. The number of rotatable bonds is 3. The van der Waals surface area contributed by atoms with Crippen molar-refractivity contribution in [3.63, 3.8) is 0 Å². The van der Waals surface area contributed by atoms with Gasteiger partial charge in [0.1, 0.15) is 5.69 Å². The van der Waals surface area contributed by atoms with Crippen molar-refractivity contribution in [3.05, 3.63) is 87.0 Å². The van der Waals surface area contributed by atoms with Crippen LogP contribution in [0.2, 0.25) is 5.02 Å². The van der Waals surface area contributed by atoms with Gasteiger partial charge in [0.25, 0.3) is 5.69 Å². The van der Waals surface area contributed by atoms with Gasteiger partial charge in [-0.2, -0.15) is 0 Å². The maximum atomic E-state index is 13.3. The van der Waals surface area contributed by atoms with E-state index in [1.165, 1.54) is 18.2 Å². The standard InChI is InChI=1S/C23H17ClN2O4/c1-12(13-5-3-2-4-6-13)19-15-8-9-16(19)21-20(15)22(27)25(23(21)28)17-10-7-14(24)11-18(17)26(29)30/h2-11,15-16,20-21H,1H3/t15-,16-,20-,21-/m1/s1. The molecule has 30 heavy (non-hydrogen) atoms. The van der Waals surface area contributed by atoms with Crippen LogP contribution in [-0.4, -0.2) is 16.7 Å². The lowest BCUT2D eigenvalue weighted by Gasteiger charge is -2.20. The van der Waals surface area contributed by atoms with Crippen molar-refractivity contribution in [2.24, 2.45) is 23.7 Å².